The molecule has 0 aliphatic rings. The molecule has 0 spiro atoms. The molecule has 0 heterocycles. The van der Waals surface area contributed by atoms with Gasteiger partial charge >= 0.3 is 5.97 Å². The zero-order chi connectivity index (χ0) is 18.9. The average Bonchev–Trinajstić information content (AvgIpc) is 2.62. The van der Waals surface area contributed by atoms with Crippen LogP contribution in [0.25, 0.3) is 0 Å². The first-order valence-corrected chi connectivity index (χ1v) is 8.83. The zero-order valence-electron chi connectivity index (χ0n) is 14.9. The van der Waals surface area contributed by atoms with Crippen molar-refractivity contribution in [2.24, 2.45) is 0 Å². The molecule has 26 heavy (non-hydrogen) atoms. The molecule has 138 valence electrons. The van der Waals surface area contributed by atoms with Crippen LogP contribution in [0.2, 0.25) is 5.02 Å². The number of esters is 1. The zero-order valence-corrected chi connectivity index (χ0v) is 15.6. The third kappa shape index (κ3) is 6.08. The molecule has 0 aliphatic heterocycles. The fraction of sp³-hybridized carbons (Fsp3) is 0.300. The topological polar surface area (TPSA) is 64.6 Å². The number of nitrogens with one attached hydrogen (secondary N) is 1. The Labute approximate surface area is 158 Å². The summed E-state index contributed by atoms with van der Waals surface area (Å²) in [6, 6.07) is 12.1. The Morgan fingerprint density at radius 1 is 1.15 bits per heavy atom. The lowest BCUT2D eigenvalue weighted by atomic mass is 10.2. The van der Waals surface area contributed by atoms with Gasteiger partial charge in [0.05, 0.1) is 18.8 Å². The van der Waals surface area contributed by atoms with E-state index in [9.17, 15) is 9.59 Å². The molecule has 0 bridgehead atoms. The second-order valence-corrected chi connectivity index (χ2v) is 6.12. The highest BCUT2D eigenvalue weighted by Gasteiger charge is 2.08. The van der Waals surface area contributed by atoms with E-state index in [-0.39, 0.29) is 5.91 Å². The molecule has 2 rings (SSSR count). The van der Waals surface area contributed by atoms with E-state index in [2.05, 4.69) is 5.32 Å². The number of amides is 1. The number of aryl methyl sites for hydroxylation is 1. The van der Waals surface area contributed by atoms with Gasteiger partial charge in [-0.2, -0.15) is 0 Å². The molecular weight excluding hydrogens is 354 g/mol. The van der Waals surface area contributed by atoms with Gasteiger partial charge in [0.25, 0.3) is 0 Å². The van der Waals surface area contributed by atoms with Crippen LogP contribution in [0.5, 0.6) is 5.75 Å². The summed E-state index contributed by atoms with van der Waals surface area (Å²) in [5, 5.41) is 3.47. The number of hydrogen-bond donors (Lipinski definition) is 1. The molecular formula is C20H22ClNO4. The van der Waals surface area contributed by atoms with E-state index in [0.717, 1.165) is 11.3 Å². The molecule has 6 heteroatoms. The molecule has 0 saturated carbocycles. The van der Waals surface area contributed by atoms with Crippen LogP contribution < -0.4 is 10.1 Å². The minimum Gasteiger partial charge on any atom is -0.494 e. The van der Waals surface area contributed by atoms with Crippen molar-refractivity contribution in [3.8, 4) is 5.75 Å². The summed E-state index contributed by atoms with van der Waals surface area (Å²) in [5.41, 5.74) is 1.92. The van der Waals surface area contributed by atoms with Gasteiger partial charge in [0.15, 0.2) is 0 Å². The summed E-state index contributed by atoms with van der Waals surface area (Å²) in [6.07, 6.45) is 0.890. The number of ether oxygens (including phenoxy) is 2. The van der Waals surface area contributed by atoms with E-state index >= 15 is 0 Å². The minimum absolute atomic E-state index is 0.137. The van der Waals surface area contributed by atoms with Crippen LogP contribution >= 0.6 is 11.6 Å². The van der Waals surface area contributed by atoms with Crippen LogP contribution in [0.15, 0.2) is 42.5 Å². The second kappa shape index (κ2) is 9.82. The molecule has 0 fully saturated rings. The SMILES string of the molecule is CCOC(=O)c1cccc(NC(=O)CCCOc2ccc(Cl)c(C)c2)c1. The quantitative estimate of drug-likeness (QED) is 0.540. The lowest BCUT2D eigenvalue weighted by Crippen LogP contribution is -2.13. The largest absolute Gasteiger partial charge is 0.494 e. The molecule has 0 saturated heterocycles. The van der Waals surface area contributed by atoms with Crippen LogP contribution in [0.1, 0.15) is 35.7 Å². The monoisotopic (exact) mass is 375 g/mol. The van der Waals surface area contributed by atoms with Crippen LogP contribution in [0, 0.1) is 6.92 Å². The minimum atomic E-state index is -0.407. The maximum absolute atomic E-state index is 12.0. The van der Waals surface area contributed by atoms with Crippen molar-refractivity contribution in [3.63, 3.8) is 0 Å². The number of hydrogen-bond acceptors (Lipinski definition) is 4. The predicted octanol–water partition coefficient (Wildman–Crippen LogP) is 4.62. The lowest BCUT2D eigenvalue weighted by molar-refractivity contribution is -0.116. The maximum atomic E-state index is 12.0. The van der Waals surface area contributed by atoms with Gasteiger partial charge in [0.1, 0.15) is 5.75 Å². The standard InChI is InChI=1S/C20H22ClNO4/c1-3-25-20(24)15-6-4-7-16(13-15)22-19(23)8-5-11-26-17-9-10-18(21)14(2)12-17/h4,6-7,9-10,12-13H,3,5,8,11H2,1-2H3,(H,22,23). The van der Waals surface area contributed by atoms with Crippen molar-refractivity contribution in [1.29, 1.82) is 0 Å². The van der Waals surface area contributed by atoms with Crippen LogP contribution in [0.4, 0.5) is 5.69 Å². The molecule has 1 N–H and O–H groups in total. The highest BCUT2D eigenvalue weighted by molar-refractivity contribution is 6.31. The van der Waals surface area contributed by atoms with E-state index < -0.39 is 5.97 Å². The van der Waals surface area contributed by atoms with Crippen molar-refractivity contribution < 1.29 is 19.1 Å². The summed E-state index contributed by atoms with van der Waals surface area (Å²) < 4.78 is 10.6. The van der Waals surface area contributed by atoms with E-state index in [1.165, 1.54) is 0 Å². The average molecular weight is 376 g/mol. The highest BCUT2D eigenvalue weighted by atomic mass is 35.5. The van der Waals surface area contributed by atoms with Crippen LogP contribution in [-0.2, 0) is 9.53 Å². The second-order valence-electron chi connectivity index (χ2n) is 5.71. The van der Waals surface area contributed by atoms with E-state index in [1.807, 2.05) is 13.0 Å². The Hall–Kier alpha value is -2.53. The molecule has 0 aromatic heterocycles. The van der Waals surface area contributed by atoms with Gasteiger partial charge in [0, 0.05) is 17.1 Å². The van der Waals surface area contributed by atoms with E-state index in [0.29, 0.717) is 42.3 Å². The molecule has 2 aromatic carbocycles. The first-order valence-electron chi connectivity index (χ1n) is 8.45. The smallest absolute Gasteiger partial charge is 0.338 e. The number of carbonyl (C=O) groups excluding carboxylic acids is 2. The summed E-state index contributed by atoms with van der Waals surface area (Å²) in [4.78, 5) is 23.7. The molecule has 2 aromatic rings. The van der Waals surface area contributed by atoms with Crippen molar-refractivity contribution in [2.75, 3.05) is 18.5 Å². The summed E-state index contributed by atoms with van der Waals surface area (Å²) >= 11 is 5.97. The number of benzene rings is 2. The van der Waals surface area contributed by atoms with Crippen molar-refractivity contribution in [1.82, 2.24) is 0 Å². The number of rotatable bonds is 8. The Balaban J connectivity index is 1.77. The van der Waals surface area contributed by atoms with Gasteiger partial charge in [-0.25, -0.2) is 4.79 Å². The number of halogens is 1. The van der Waals surface area contributed by atoms with Gasteiger partial charge in [0.2, 0.25) is 5.91 Å². The van der Waals surface area contributed by atoms with Crippen molar-refractivity contribution in [2.45, 2.75) is 26.7 Å². The Kier molecular flexibility index (Phi) is 7.48. The molecule has 0 unspecified atom stereocenters. The highest BCUT2D eigenvalue weighted by Crippen LogP contribution is 2.21. The molecule has 5 nitrogen and oxygen atoms in total. The van der Waals surface area contributed by atoms with Gasteiger partial charge in [-0.05, 0) is 62.2 Å². The third-order valence-corrected chi connectivity index (χ3v) is 4.03. The third-order valence-electron chi connectivity index (χ3n) is 3.60. The van der Waals surface area contributed by atoms with Crippen LogP contribution in [0.3, 0.4) is 0 Å². The molecule has 1 amide bonds. The lowest BCUT2D eigenvalue weighted by Gasteiger charge is -2.09. The Morgan fingerprint density at radius 3 is 2.69 bits per heavy atom. The molecule has 0 radical (unpaired) electrons. The summed E-state index contributed by atoms with van der Waals surface area (Å²) in [6.45, 7) is 4.39. The summed E-state index contributed by atoms with van der Waals surface area (Å²) in [7, 11) is 0. The van der Waals surface area contributed by atoms with E-state index in [1.54, 1.807) is 43.3 Å². The first-order chi connectivity index (χ1) is 12.5. The predicted molar refractivity (Wildman–Crippen MR) is 102 cm³/mol. The number of anilines is 1. The van der Waals surface area contributed by atoms with Crippen LogP contribution in [-0.4, -0.2) is 25.1 Å². The maximum Gasteiger partial charge on any atom is 0.338 e. The van der Waals surface area contributed by atoms with Gasteiger partial charge in [-0.15, -0.1) is 0 Å². The Bertz CT molecular complexity index is 776. The first kappa shape index (κ1) is 19.8. The van der Waals surface area contributed by atoms with Gasteiger partial charge in [-0.1, -0.05) is 17.7 Å². The van der Waals surface area contributed by atoms with Crippen molar-refractivity contribution >= 4 is 29.2 Å². The van der Waals surface area contributed by atoms with Gasteiger partial charge < -0.3 is 14.8 Å². The molecule has 0 aliphatic carbocycles. The van der Waals surface area contributed by atoms with Gasteiger partial charge in [-0.3, -0.25) is 4.79 Å². The van der Waals surface area contributed by atoms with Crippen molar-refractivity contribution in [3.05, 3.63) is 58.6 Å². The number of carbonyl (C=O) groups is 2. The van der Waals surface area contributed by atoms with E-state index in [4.69, 9.17) is 21.1 Å². The normalized spacial score (nSPS) is 10.3. The summed E-state index contributed by atoms with van der Waals surface area (Å²) in [5.74, 6) is 0.187. The fourth-order valence-electron chi connectivity index (χ4n) is 2.29. The Morgan fingerprint density at radius 2 is 1.96 bits per heavy atom. The molecule has 0 atom stereocenters. The fourth-order valence-corrected chi connectivity index (χ4v) is 2.41.